The zero-order valence-corrected chi connectivity index (χ0v) is 10.5. The number of halogens is 1. The molecular formula is C13H12FNO4. The van der Waals surface area contributed by atoms with Gasteiger partial charge in [-0.2, -0.15) is 0 Å². The molecule has 1 heterocycles. The molecule has 0 fully saturated rings. The molecule has 0 bridgehead atoms. The molecule has 1 amide bonds. The van der Waals surface area contributed by atoms with Crippen molar-refractivity contribution in [2.45, 2.75) is 6.92 Å². The number of hydrogen-bond donors (Lipinski definition) is 0. The number of nitrogens with zero attached hydrogens (tertiary/aromatic N) is 1. The Morgan fingerprint density at radius 1 is 1.37 bits per heavy atom. The number of rotatable bonds is 4. The van der Waals surface area contributed by atoms with E-state index in [1.165, 1.54) is 13.2 Å². The molecule has 100 valence electrons. The topological polar surface area (TPSA) is 63.7 Å². The van der Waals surface area contributed by atoms with Gasteiger partial charge < -0.3 is 4.74 Å². The second-order valence-corrected chi connectivity index (χ2v) is 4.31. The van der Waals surface area contributed by atoms with E-state index in [4.69, 9.17) is 0 Å². The summed E-state index contributed by atoms with van der Waals surface area (Å²) in [6, 6.07) is 2.24. The second-order valence-electron chi connectivity index (χ2n) is 4.31. The average Bonchev–Trinajstić information content (AvgIpc) is 2.55. The molecule has 1 aromatic rings. The third-order valence-corrected chi connectivity index (χ3v) is 2.86. The van der Waals surface area contributed by atoms with Gasteiger partial charge in [0.2, 0.25) is 0 Å². The minimum atomic E-state index is -0.812. The lowest BCUT2D eigenvalue weighted by Crippen LogP contribution is -2.36. The fourth-order valence-electron chi connectivity index (χ4n) is 2.14. The van der Waals surface area contributed by atoms with E-state index >= 15 is 0 Å². The standard InChI is InChI=1S/C13H12FNO4/c1-7-3-8(14)4-10-11(7)15(13(18)12(10)17)5-9(16)6-19-2/h3-4H,5-6H2,1-2H3. The molecule has 0 saturated carbocycles. The highest BCUT2D eigenvalue weighted by molar-refractivity contribution is 6.52. The van der Waals surface area contributed by atoms with Crippen molar-refractivity contribution in [3.8, 4) is 0 Å². The van der Waals surface area contributed by atoms with Gasteiger partial charge in [-0.15, -0.1) is 0 Å². The van der Waals surface area contributed by atoms with Crippen LogP contribution in [0.1, 0.15) is 15.9 Å². The first-order valence-corrected chi connectivity index (χ1v) is 5.62. The molecule has 1 aliphatic heterocycles. The number of benzene rings is 1. The van der Waals surface area contributed by atoms with Crippen molar-refractivity contribution < 1.29 is 23.5 Å². The lowest BCUT2D eigenvalue weighted by Gasteiger charge is -2.17. The third kappa shape index (κ3) is 2.26. The molecule has 0 radical (unpaired) electrons. The van der Waals surface area contributed by atoms with E-state index in [1.807, 2.05) is 0 Å². The van der Waals surface area contributed by atoms with Crippen LogP contribution in [0.15, 0.2) is 12.1 Å². The van der Waals surface area contributed by atoms with Crippen LogP contribution in [0.4, 0.5) is 10.1 Å². The highest BCUT2D eigenvalue weighted by Crippen LogP contribution is 2.32. The number of carbonyl (C=O) groups excluding carboxylic acids is 3. The van der Waals surface area contributed by atoms with E-state index in [9.17, 15) is 18.8 Å². The van der Waals surface area contributed by atoms with E-state index in [0.29, 0.717) is 11.3 Å². The number of aryl methyl sites for hydroxylation is 1. The van der Waals surface area contributed by atoms with Gasteiger partial charge in [0.05, 0.1) is 17.8 Å². The lowest BCUT2D eigenvalue weighted by atomic mass is 10.1. The molecule has 6 heteroatoms. The van der Waals surface area contributed by atoms with Gasteiger partial charge in [-0.25, -0.2) is 4.39 Å². The Morgan fingerprint density at radius 2 is 2.05 bits per heavy atom. The SMILES string of the molecule is COCC(=O)CN1C(=O)C(=O)c2cc(F)cc(C)c21. The summed E-state index contributed by atoms with van der Waals surface area (Å²) in [4.78, 5) is 36.2. The summed E-state index contributed by atoms with van der Waals surface area (Å²) in [6.07, 6.45) is 0. The molecule has 0 atom stereocenters. The molecule has 1 aliphatic rings. The number of anilines is 1. The number of amides is 1. The molecular weight excluding hydrogens is 253 g/mol. The van der Waals surface area contributed by atoms with Crippen LogP contribution in [0.5, 0.6) is 0 Å². The number of Topliss-reactive ketones (excluding diaryl/α,β-unsaturated/α-hetero) is 2. The summed E-state index contributed by atoms with van der Waals surface area (Å²) in [5.41, 5.74) is 0.757. The Bertz CT molecular complexity index is 582. The van der Waals surface area contributed by atoms with E-state index in [0.717, 1.165) is 11.0 Å². The van der Waals surface area contributed by atoms with Crippen LogP contribution in [0.25, 0.3) is 0 Å². The average molecular weight is 265 g/mol. The van der Waals surface area contributed by atoms with Crippen LogP contribution in [0.2, 0.25) is 0 Å². The van der Waals surface area contributed by atoms with Gasteiger partial charge in [0.1, 0.15) is 12.4 Å². The number of methoxy groups -OCH3 is 1. The smallest absolute Gasteiger partial charge is 0.299 e. The van der Waals surface area contributed by atoms with E-state index in [1.54, 1.807) is 6.92 Å². The molecule has 1 aromatic carbocycles. The molecule has 0 spiro atoms. The molecule has 0 N–H and O–H groups in total. The van der Waals surface area contributed by atoms with Crippen molar-refractivity contribution in [3.05, 3.63) is 29.1 Å². The maximum Gasteiger partial charge on any atom is 0.299 e. The summed E-state index contributed by atoms with van der Waals surface area (Å²) < 4.78 is 17.9. The summed E-state index contributed by atoms with van der Waals surface area (Å²) in [5, 5.41) is 0. The molecule has 5 nitrogen and oxygen atoms in total. The minimum Gasteiger partial charge on any atom is -0.377 e. The van der Waals surface area contributed by atoms with E-state index in [-0.39, 0.29) is 24.5 Å². The van der Waals surface area contributed by atoms with Gasteiger partial charge in [0, 0.05) is 7.11 Å². The summed E-state index contributed by atoms with van der Waals surface area (Å²) in [5.74, 6) is -2.52. The Labute approximate surface area is 109 Å². The number of carbonyl (C=O) groups is 3. The number of ketones is 2. The first-order chi connectivity index (χ1) is 8.95. The molecule has 0 aliphatic carbocycles. The van der Waals surface area contributed by atoms with Crippen LogP contribution in [-0.4, -0.2) is 37.7 Å². The maximum atomic E-state index is 13.3. The number of ether oxygens (including phenoxy) is 1. The predicted molar refractivity (Wildman–Crippen MR) is 64.7 cm³/mol. The Kier molecular flexibility index (Phi) is 3.44. The monoisotopic (exact) mass is 265 g/mol. The molecule has 19 heavy (non-hydrogen) atoms. The summed E-state index contributed by atoms with van der Waals surface area (Å²) >= 11 is 0. The zero-order valence-electron chi connectivity index (χ0n) is 10.5. The highest BCUT2D eigenvalue weighted by Gasteiger charge is 2.38. The summed E-state index contributed by atoms with van der Waals surface area (Å²) in [6.45, 7) is 1.19. The largest absolute Gasteiger partial charge is 0.377 e. The molecule has 0 aromatic heterocycles. The Balaban J connectivity index is 2.41. The van der Waals surface area contributed by atoms with Crippen molar-refractivity contribution in [2.75, 3.05) is 25.2 Å². The van der Waals surface area contributed by atoms with E-state index < -0.39 is 17.5 Å². The van der Waals surface area contributed by atoms with Crippen molar-refractivity contribution in [2.24, 2.45) is 0 Å². The predicted octanol–water partition coefficient (Wildman–Crippen LogP) is 0.879. The van der Waals surface area contributed by atoms with Crippen molar-refractivity contribution in [3.63, 3.8) is 0 Å². The second kappa shape index (κ2) is 4.89. The van der Waals surface area contributed by atoms with Crippen LogP contribution in [0, 0.1) is 12.7 Å². The Hall–Kier alpha value is -2.08. The fraction of sp³-hybridized carbons (Fsp3) is 0.308. The highest BCUT2D eigenvalue weighted by atomic mass is 19.1. The van der Waals surface area contributed by atoms with Crippen molar-refractivity contribution >= 4 is 23.2 Å². The van der Waals surface area contributed by atoms with Crippen LogP contribution < -0.4 is 4.90 Å². The first-order valence-electron chi connectivity index (χ1n) is 5.62. The molecule has 2 rings (SSSR count). The third-order valence-electron chi connectivity index (χ3n) is 2.86. The van der Waals surface area contributed by atoms with Crippen molar-refractivity contribution in [1.82, 2.24) is 0 Å². The number of fused-ring (bicyclic) bond motifs is 1. The zero-order chi connectivity index (χ0) is 14.2. The van der Waals surface area contributed by atoms with Crippen LogP contribution in [-0.2, 0) is 14.3 Å². The van der Waals surface area contributed by atoms with E-state index in [2.05, 4.69) is 4.74 Å². The molecule has 0 unspecified atom stereocenters. The quantitative estimate of drug-likeness (QED) is 0.758. The normalized spacial score (nSPS) is 13.9. The molecule has 0 saturated heterocycles. The van der Waals surface area contributed by atoms with Gasteiger partial charge in [-0.1, -0.05) is 0 Å². The van der Waals surface area contributed by atoms with Gasteiger partial charge in [-0.3, -0.25) is 19.3 Å². The van der Waals surface area contributed by atoms with Gasteiger partial charge in [0.25, 0.3) is 11.7 Å². The lowest BCUT2D eigenvalue weighted by molar-refractivity contribution is -0.123. The maximum absolute atomic E-state index is 13.3. The first kappa shape index (κ1) is 13.4. The van der Waals surface area contributed by atoms with Gasteiger partial charge in [0.15, 0.2) is 5.78 Å². The minimum absolute atomic E-state index is 0.00715. The van der Waals surface area contributed by atoms with Gasteiger partial charge in [-0.05, 0) is 24.6 Å². The van der Waals surface area contributed by atoms with Crippen molar-refractivity contribution in [1.29, 1.82) is 0 Å². The Morgan fingerprint density at radius 3 is 2.68 bits per heavy atom. The number of hydrogen-bond acceptors (Lipinski definition) is 4. The van der Waals surface area contributed by atoms with Gasteiger partial charge >= 0.3 is 0 Å². The fourth-order valence-corrected chi connectivity index (χ4v) is 2.14. The van der Waals surface area contributed by atoms with Crippen LogP contribution >= 0.6 is 0 Å². The van der Waals surface area contributed by atoms with Crippen LogP contribution in [0.3, 0.4) is 0 Å². The summed E-state index contributed by atoms with van der Waals surface area (Å²) in [7, 11) is 1.36.